The topological polar surface area (TPSA) is 75.2 Å². The van der Waals surface area contributed by atoms with Crippen LogP contribution in [0.3, 0.4) is 0 Å². The van der Waals surface area contributed by atoms with Gasteiger partial charge < -0.3 is 9.88 Å². The fourth-order valence-corrected chi connectivity index (χ4v) is 5.19. The van der Waals surface area contributed by atoms with Crippen LogP contribution in [-0.4, -0.2) is 33.4 Å². The van der Waals surface area contributed by atoms with Gasteiger partial charge in [-0.3, -0.25) is 19.0 Å². The van der Waals surface area contributed by atoms with E-state index in [1.54, 1.807) is 27.9 Å². The maximum atomic E-state index is 13.5. The first kappa shape index (κ1) is 20.5. The minimum atomic E-state index is -0.244. The van der Waals surface area contributed by atoms with E-state index in [0.717, 1.165) is 43.4 Å². The standard InChI is InChI=1S/C26H27N3O3/c1-17-9-15-29(22-7-3-5-19-4-2-6-21(19)22)26(32)24(17)25(31)28-13-10-18(11-14-28)20-8-12-27-23(30)16-20/h3,5,7-9,12,15-16,18H,2,4,6,10-11,13-14H2,1H3,(H,27,30). The highest BCUT2D eigenvalue weighted by molar-refractivity contribution is 5.95. The number of carbonyl (C=O) groups is 1. The molecule has 1 fully saturated rings. The summed E-state index contributed by atoms with van der Waals surface area (Å²) >= 11 is 0. The summed E-state index contributed by atoms with van der Waals surface area (Å²) in [6.07, 6.45) is 8.12. The molecule has 2 aliphatic rings. The number of amides is 1. The van der Waals surface area contributed by atoms with Crippen molar-refractivity contribution in [1.29, 1.82) is 0 Å². The Morgan fingerprint density at radius 2 is 1.88 bits per heavy atom. The largest absolute Gasteiger partial charge is 0.338 e. The van der Waals surface area contributed by atoms with Crippen LogP contribution in [0, 0.1) is 6.92 Å². The molecule has 32 heavy (non-hydrogen) atoms. The molecule has 1 aliphatic carbocycles. The van der Waals surface area contributed by atoms with E-state index in [9.17, 15) is 14.4 Å². The van der Waals surface area contributed by atoms with E-state index < -0.39 is 0 Å². The van der Waals surface area contributed by atoms with Crippen molar-refractivity contribution in [2.75, 3.05) is 13.1 Å². The van der Waals surface area contributed by atoms with Crippen molar-refractivity contribution in [2.45, 2.75) is 44.9 Å². The van der Waals surface area contributed by atoms with Crippen LogP contribution in [-0.2, 0) is 12.8 Å². The lowest BCUT2D eigenvalue weighted by Crippen LogP contribution is -2.41. The number of hydrogen-bond donors (Lipinski definition) is 1. The highest BCUT2D eigenvalue weighted by Crippen LogP contribution is 2.29. The zero-order valence-electron chi connectivity index (χ0n) is 18.3. The summed E-state index contributed by atoms with van der Waals surface area (Å²) in [5.41, 5.74) is 5.04. The van der Waals surface area contributed by atoms with Crippen LogP contribution in [0.2, 0.25) is 0 Å². The molecule has 0 saturated carbocycles. The molecular weight excluding hydrogens is 402 g/mol. The summed E-state index contributed by atoms with van der Waals surface area (Å²) in [5.74, 6) is 0.0561. The second-order valence-corrected chi connectivity index (χ2v) is 8.87. The highest BCUT2D eigenvalue weighted by Gasteiger charge is 2.28. The third-order valence-corrected chi connectivity index (χ3v) is 6.95. The number of likely N-dealkylation sites (tertiary alicyclic amines) is 1. The van der Waals surface area contributed by atoms with Crippen molar-refractivity contribution < 1.29 is 4.79 Å². The van der Waals surface area contributed by atoms with E-state index in [0.29, 0.717) is 18.7 Å². The Morgan fingerprint density at radius 3 is 2.66 bits per heavy atom. The SMILES string of the molecule is Cc1ccn(-c2cccc3c2CCC3)c(=O)c1C(=O)N1CCC(c2cc[nH]c(=O)c2)CC1. The molecule has 1 aromatic carbocycles. The number of carbonyl (C=O) groups excluding carboxylic acids is 1. The van der Waals surface area contributed by atoms with Crippen molar-refractivity contribution in [3.05, 3.63) is 97.3 Å². The smallest absolute Gasteiger partial charge is 0.268 e. The van der Waals surface area contributed by atoms with Crippen molar-refractivity contribution in [1.82, 2.24) is 14.5 Å². The molecule has 0 radical (unpaired) electrons. The summed E-state index contributed by atoms with van der Waals surface area (Å²) < 4.78 is 1.65. The molecule has 164 valence electrons. The average molecular weight is 430 g/mol. The van der Waals surface area contributed by atoms with Gasteiger partial charge in [-0.05, 0) is 85.4 Å². The van der Waals surface area contributed by atoms with Gasteiger partial charge in [-0.25, -0.2) is 0 Å². The number of piperidine rings is 1. The quantitative estimate of drug-likeness (QED) is 0.694. The minimum Gasteiger partial charge on any atom is -0.338 e. The number of aromatic amines is 1. The van der Waals surface area contributed by atoms with Gasteiger partial charge in [-0.15, -0.1) is 0 Å². The van der Waals surface area contributed by atoms with Crippen molar-refractivity contribution in [3.8, 4) is 5.69 Å². The van der Waals surface area contributed by atoms with Gasteiger partial charge in [0.1, 0.15) is 5.56 Å². The van der Waals surface area contributed by atoms with Gasteiger partial charge in [-0.2, -0.15) is 0 Å². The lowest BCUT2D eigenvalue weighted by Gasteiger charge is -2.32. The Balaban J connectivity index is 1.42. The lowest BCUT2D eigenvalue weighted by atomic mass is 9.90. The summed E-state index contributed by atoms with van der Waals surface area (Å²) in [4.78, 5) is 42.9. The Bertz CT molecular complexity index is 1300. The highest BCUT2D eigenvalue weighted by atomic mass is 16.2. The molecule has 0 bridgehead atoms. The van der Waals surface area contributed by atoms with Gasteiger partial charge in [0.15, 0.2) is 0 Å². The fourth-order valence-electron chi connectivity index (χ4n) is 5.19. The third-order valence-electron chi connectivity index (χ3n) is 6.95. The lowest BCUT2D eigenvalue weighted by molar-refractivity contribution is 0.0710. The van der Waals surface area contributed by atoms with Gasteiger partial charge in [-0.1, -0.05) is 12.1 Å². The number of hydrogen-bond acceptors (Lipinski definition) is 3. The van der Waals surface area contributed by atoms with Crippen LogP contribution in [0.15, 0.2) is 58.4 Å². The number of aryl methyl sites for hydroxylation is 2. The molecule has 0 atom stereocenters. The van der Waals surface area contributed by atoms with E-state index in [-0.39, 0.29) is 28.5 Å². The zero-order valence-corrected chi connectivity index (χ0v) is 18.3. The Morgan fingerprint density at radius 1 is 1.06 bits per heavy atom. The third kappa shape index (κ3) is 3.60. The Labute approximate surface area is 186 Å². The Hall–Kier alpha value is -3.41. The van der Waals surface area contributed by atoms with E-state index in [1.807, 2.05) is 31.2 Å². The normalized spacial score (nSPS) is 16.2. The van der Waals surface area contributed by atoms with Crippen LogP contribution in [0.4, 0.5) is 0 Å². The van der Waals surface area contributed by atoms with Crippen LogP contribution < -0.4 is 11.1 Å². The molecule has 3 aromatic rings. The van der Waals surface area contributed by atoms with Crippen LogP contribution >= 0.6 is 0 Å². The van der Waals surface area contributed by atoms with Gasteiger partial charge in [0, 0.05) is 31.5 Å². The number of nitrogens with zero attached hydrogens (tertiary/aromatic N) is 2. The van der Waals surface area contributed by atoms with Gasteiger partial charge >= 0.3 is 0 Å². The van der Waals surface area contributed by atoms with Crippen molar-refractivity contribution >= 4 is 5.91 Å². The predicted molar refractivity (Wildman–Crippen MR) is 124 cm³/mol. The van der Waals surface area contributed by atoms with E-state index in [4.69, 9.17) is 0 Å². The summed E-state index contributed by atoms with van der Waals surface area (Å²) in [7, 11) is 0. The summed E-state index contributed by atoms with van der Waals surface area (Å²) in [6, 6.07) is 11.5. The first-order valence-electron chi connectivity index (χ1n) is 11.3. The molecule has 6 nitrogen and oxygen atoms in total. The molecular formula is C26H27N3O3. The molecule has 1 saturated heterocycles. The van der Waals surface area contributed by atoms with Crippen LogP contribution in [0.5, 0.6) is 0 Å². The maximum Gasteiger partial charge on any atom is 0.268 e. The maximum absolute atomic E-state index is 13.5. The van der Waals surface area contributed by atoms with E-state index in [2.05, 4.69) is 11.1 Å². The average Bonchev–Trinajstić information content (AvgIpc) is 3.29. The molecule has 0 spiro atoms. The molecule has 1 aliphatic heterocycles. The van der Waals surface area contributed by atoms with E-state index >= 15 is 0 Å². The number of nitrogens with one attached hydrogen (secondary N) is 1. The van der Waals surface area contributed by atoms with Gasteiger partial charge in [0.25, 0.3) is 11.5 Å². The number of aromatic nitrogens is 2. The second kappa shape index (κ2) is 8.26. The Kier molecular flexibility index (Phi) is 5.29. The molecule has 6 heteroatoms. The van der Waals surface area contributed by atoms with Crippen LogP contribution in [0.1, 0.15) is 57.8 Å². The fraction of sp³-hybridized carbons (Fsp3) is 0.346. The molecule has 2 aromatic heterocycles. The van der Waals surface area contributed by atoms with Crippen molar-refractivity contribution in [3.63, 3.8) is 0 Å². The number of pyridine rings is 2. The summed E-state index contributed by atoms with van der Waals surface area (Å²) in [5, 5.41) is 0. The van der Waals surface area contributed by atoms with Crippen molar-refractivity contribution in [2.24, 2.45) is 0 Å². The monoisotopic (exact) mass is 429 g/mol. The zero-order chi connectivity index (χ0) is 22.2. The minimum absolute atomic E-state index is 0.103. The first-order chi connectivity index (χ1) is 15.5. The predicted octanol–water partition coefficient (Wildman–Crippen LogP) is 3.34. The number of benzene rings is 1. The molecule has 0 unspecified atom stereocenters. The number of H-pyrrole nitrogens is 1. The first-order valence-corrected chi connectivity index (χ1v) is 11.3. The number of rotatable bonds is 3. The molecule has 3 heterocycles. The van der Waals surface area contributed by atoms with E-state index in [1.165, 1.54) is 11.1 Å². The van der Waals surface area contributed by atoms with Gasteiger partial charge in [0.2, 0.25) is 5.56 Å². The molecule has 1 amide bonds. The van der Waals surface area contributed by atoms with Gasteiger partial charge in [0.05, 0.1) is 5.69 Å². The molecule has 5 rings (SSSR count). The number of fused-ring (bicyclic) bond motifs is 1. The summed E-state index contributed by atoms with van der Waals surface area (Å²) in [6.45, 7) is 2.98. The second-order valence-electron chi connectivity index (χ2n) is 8.87. The molecule has 1 N–H and O–H groups in total. The van der Waals surface area contributed by atoms with Crippen LogP contribution in [0.25, 0.3) is 5.69 Å².